The van der Waals surface area contributed by atoms with Crippen LogP contribution in [0.1, 0.15) is 11.9 Å². The Labute approximate surface area is 132 Å². The molecule has 2 rings (SSSR count). The maximum Gasteiger partial charge on any atom is 0.327 e. The number of nitrogen functional groups attached to an aromatic ring is 1. The van der Waals surface area contributed by atoms with Gasteiger partial charge in [-0.05, 0) is 12.1 Å². The third-order valence-electron chi connectivity index (χ3n) is 3.19. The number of hydrogen-bond acceptors (Lipinski definition) is 6. The van der Waals surface area contributed by atoms with Gasteiger partial charge in [-0.15, -0.1) is 5.10 Å². The summed E-state index contributed by atoms with van der Waals surface area (Å²) in [6.45, 7) is 0. The predicted octanol–water partition coefficient (Wildman–Crippen LogP) is 0.559. The molecule has 0 bridgehead atoms. The van der Waals surface area contributed by atoms with Crippen LogP contribution >= 0.6 is 22.6 Å². The molecule has 7 nitrogen and oxygen atoms in total. The van der Waals surface area contributed by atoms with Crippen molar-refractivity contribution in [2.24, 2.45) is 5.73 Å². The first kappa shape index (κ1) is 16.3. The average molecular weight is 413 g/mol. The second-order valence-electron chi connectivity index (χ2n) is 4.46. The van der Waals surface area contributed by atoms with Crippen molar-refractivity contribution >= 4 is 33.9 Å². The summed E-state index contributed by atoms with van der Waals surface area (Å²) in [5, 5.41) is 13.6. The Morgan fingerprint density at radius 1 is 1.57 bits per heavy atom. The Hall–Kier alpha value is -1.11. The zero-order chi connectivity index (χ0) is 15.8. The molecule has 21 heavy (non-hydrogen) atoms. The Balaban J connectivity index is 2.47. The number of aromatic nitrogens is 3. The topological polar surface area (TPSA) is 112 Å². The highest BCUT2D eigenvalue weighted by molar-refractivity contribution is 14.1. The van der Waals surface area contributed by atoms with E-state index in [1.807, 2.05) is 22.6 Å². The van der Waals surface area contributed by atoms with Crippen LogP contribution in [-0.2, 0) is 4.74 Å². The minimum absolute atomic E-state index is 0.0952. The highest BCUT2D eigenvalue weighted by Gasteiger charge is 2.40. The number of methoxy groups -OCH3 is 1. The molecule has 5 N–H and O–H groups in total. The van der Waals surface area contributed by atoms with Crippen molar-refractivity contribution in [3.8, 4) is 0 Å². The number of hydrogen-bond donors (Lipinski definition) is 3. The Morgan fingerprint density at radius 3 is 2.81 bits per heavy atom. The molecule has 3 atom stereocenters. The van der Waals surface area contributed by atoms with Gasteiger partial charge >= 0.3 is 6.08 Å². The third-order valence-corrected chi connectivity index (χ3v) is 4.38. The lowest BCUT2D eigenvalue weighted by atomic mass is 10.0. The van der Waals surface area contributed by atoms with Crippen molar-refractivity contribution < 1.29 is 18.6 Å². The fraction of sp³-hybridized carbons (Fsp3) is 0.455. The van der Waals surface area contributed by atoms with Crippen LogP contribution in [0.2, 0.25) is 0 Å². The lowest BCUT2D eigenvalue weighted by molar-refractivity contribution is -0.111. The molecule has 0 fully saturated rings. The summed E-state index contributed by atoms with van der Waals surface area (Å²) in [5.41, 5.74) is 9.88. The van der Waals surface area contributed by atoms with E-state index in [1.165, 1.54) is 19.2 Å². The molecule has 10 heteroatoms. The largest absolute Gasteiger partial charge is 0.385 e. The number of alkyl halides is 2. The molecule has 0 aromatic carbocycles. The molecule has 0 spiro atoms. The molecule has 0 radical (unpaired) electrons. The fourth-order valence-corrected chi connectivity index (χ4v) is 2.65. The first-order chi connectivity index (χ1) is 9.84. The van der Waals surface area contributed by atoms with Crippen LogP contribution in [0.4, 0.5) is 14.6 Å². The minimum atomic E-state index is -1.94. The van der Waals surface area contributed by atoms with Gasteiger partial charge in [0, 0.05) is 11.5 Å². The highest BCUT2D eigenvalue weighted by Crippen LogP contribution is 2.30. The summed E-state index contributed by atoms with van der Waals surface area (Å²) in [4.78, 5) is 3.34. The number of aliphatic hydroxyl groups excluding tert-OH is 1. The van der Waals surface area contributed by atoms with E-state index in [0.717, 1.165) is 4.52 Å². The van der Waals surface area contributed by atoms with Crippen molar-refractivity contribution in [2.45, 2.75) is 18.0 Å². The van der Waals surface area contributed by atoms with Crippen LogP contribution in [0.3, 0.4) is 0 Å². The first-order valence-electron chi connectivity index (χ1n) is 5.87. The number of nitrogens with zero attached hydrogens (tertiary/aromatic N) is 3. The van der Waals surface area contributed by atoms with Crippen molar-refractivity contribution in [2.75, 3.05) is 17.3 Å². The molecule has 2 heterocycles. The van der Waals surface area contributed by atoms with E-state index < -0.39 is 24.1 Å². The Kier molecular flexibility index (Phi) is 4.60. The number of ether oxygens (including phenoxy) is 1. The van der Waals surface area contributed by atoms with Gasteiger partial charge in [0.05, 0.1) is 5.69 Å². The zero-order valence-electron chi connectivity index (χ0n) is 11.0. The lowest BCUT2D eigenvalue weighted by Gasteiger charge is -2.32. The van der Waals surface area contributed by atoms with Crippen molar-refractivity contribution in [3.63, 3.8) is 0 Å². The maximum absolute atomic E-state index is 14.6. The van der Waals surface area contributed by atoms with E-state index in [0.29, 0.717) is 0 Å². The fourth-order valence-electron chi connectivity index (χ4n) is 1.88. The Morgan fingerprint density at radius 2 is 2.24 bits per heavy atom. The maximum atomic E-state index is 14.6. The molecular weight excluding hydrogens is 399 g/mol. The predicted molar refractivity (Wildman–Crippen MR) is 80.0 cm³/mol. The number of rotatable bonds is 5. The lowest BCUT2D eigenvalue weighted by Crippen LogP contribution is -2.55. The van der Waals surface area contributed by atoms with Crippen molar-refractivity contribution in [3.05, 3.63) is 23.9 Å². The first-order valence-corrected chi connectivity index (χ1v) is 7.39. The van der Waals surface area contributed by atoms with Gasteiger partial charge in [0.25, 0.3) is 0 Å². The summed E-state index contributed by atoms with van der Waals surface area (Å²) in [7, 11) is 1.27. The second-order valence-corrected chi connectivity index (χ2v) is 5.22. The van der Waals surface area contributed by atoms with Crippen molar-refractivity contribution in [1.29, 1.82) is 0 Å². The van der Waals surface area contributed by atoms with Crippen LogP contribution in [0.5, 0.6) is 0 Å². The minimum Gasteiger partial charge on any atom is -0.385 e. The molecule has 2 aromatic rings. The van der Waals surface area contributed by atoms with E-state index in [4.69, 9.17) is 16.2 Å². The molecular formula is C11H14F2IN5O2. The molecule has 0 aliphatic heterocycles. The standard InChI is InChI=1S/C11H14F2IN5O2/c1-21-11(16,4-14)8(20)7(12)5-2-3-6-9(15)17-10(13)18-19(5)6/h2-3,7-8,20H,4,16H2,1H3,(H2,15,17,18)/t7-,8-,11+/m0/s1. The van der Waals surface area contributed by atoms with Gasteiger partial charge in [0.1, 0.15) is 11.6 Å². The van der Waals surface area contributed by atoms with E-state index in [1.54, 1.807) is 0 Å². The highest BCUT2D eigenvalue weighted by atomic mass is 127. The summed E-state index contributed by atoms with van der Waals surface area (Å²) in [5.74, 6) is -0.130. The van der Waals surface area contributed by atoms with E-state index in [2.05, 4.69) is 10.1 Å². The quantitative estimate of drug-likeness (QED) is 0.375. The Bertz CT molecular complexity index is 649. The van der Waals surface area contributed by atoms with Crippen LogP contribution < -0.4 is 11.5 Å². The molecule has 2 aromatic heterocycles. The number of fused-ring (bicyclic) bond motifs is 1. The summed E-state index contributed by atoms with van der Waals surface area (Å²) >= 11 is 1.87. The number of halogens is 3. The van der Waals surface area contributed by atoms with E-state index in [9.17, 15) is 13.9 Å². The van der Waals surface area contributed by atoms with Crippen molar-refractivity contribution in [1.82, 2.24) is 14.6 Å². The van der Waals surface area contributed by atoms with Gasteiger partial charge in [0.15, 0.2) is 17.7 Å². The number of anilines is 1. The van der Waals surface area contributed by atoms with Gasteiger partial charge in [-0.2, -0.15) is 9.37 Å². The van der Waals surface area contributed by atoms with Crippen LogP contribution in [0, 0.1) is 6.08 Å². The molecule has 116 valence electrons. The third kappa shape index (κ3) is 2.80. The van der Waals surface area contributed by atoms with Crippen LogP contribution in [0.15, 0.2) is 12.1 Å². The smallest absolute Gasteiger partial charge is 0.327 e. The summed E-state index contributed by atoms with van der Waals surface area (Å²) in [6.07, 6.45) is -4.71. The van der Waals surface area contributed by atoms with Gasteiger partial charge < -0.3 is 21.3 Å². The van der Waals surface area contributed by atoms with Gasteiger partial charge in [0.2, 0.25) is 0 Å². The van der Waals surface area contributed by atoms with Gasteiger partial charge in [-0.25, -0.2) is 8.91 Å². The van der Waals surface area contributed by atoms with E-state index in [-0.39, 0.29) is 21.5 Å². The number of aliphatic hydroxyl groups is 1. The molecule has 0 saturated heterocycles. The van der Waals surface area contributed by atoms with Gasteiger partial charge in [-0.1, -0.05) is 22.6 Å². The van der Waals surface area contributed by atoms with Gasteiger partial charge in [-0.3, -0.25) is 0 Å². The van der Waals surface area contributed by atoms with E-state index >= 15 is 0 Å². The normalized spacial score (nSPS) is 17.6. The summed E-state index contributed by atoms with van der Waals surface area (Å²) < 4.78 is 33.9. The summed E-state index contributed by atoms with van der Waals surface area (Å²) in [6, 6.07) is 2.76. The monoisotopic (exact) mass is 413 g/mol. The zero-order valence-corrected chi connectivity index (χ0v) is 13.2. The molecule has 0 aliphatic rings. The average Bonchev–Trinajstić information content (AvgIpc) is 2.88. The van der Waals surface area contributed by atoms with Crippen LogP contribution in [-0.4, -0.2) is 43.1 Å². The molecule has 0 amide bonds. The van der Waals surface area contributed by atoms with Crippen LogP contribution in [0.25, 0.3) is 5.52 Å². The molecule has 0 saturated carbocycles. The molecule has 0 aliphatic carbocycles. The number of nitrogens with two attached hydrogens (primary N) is 2. The molecule has 0 unspecified atom stereocenters. The SMILES string of the molecule is CO[C@](N)(CI)[C@@H](O)[C@@H](F)c1ccc2c(N)nc(F)nn12. The second kappa shape index (κ2) is 5.94.